The van der Waals surface area contributed by atoms with Gasteiger partial charge in [0.2, 0.25) is 5.28 Å². The highest BCUT2D eigenvalue weighted by molar-refractivity contribution is 7.85. The van der Waals surface area contributed by atoms with Crippen molar-refractivity contribution in [1.29, 1.82) is 0 Å². The number of hydrogen-bond acceptors (Lipinski definition) is 5. The second-order valence-electron chi connectivity index (χ2n) is 2.64. The summed E-state index contributed by atoms with van der Waals surface area (Å²) in [6, 6.07) is 0. The smallest absolute Gasteiger partial charge is 0.264 e. The van der Waals surface area contributed by atoms with Gasteiger partial charge in [0.05, 0.1) is 12.9 Å². The molecule has 0 radical (unpaired) electrons. The summed E-state index contributed by atoms with van der Waals surface area (Å²) in [6.45, 7) is 0.0871. The van der Waals surface area contributed by atoms with Crippen molar-refractivity contribution in [3.05, 3.63) is 23.2 Å². The minimum Gasteiger partial charge on any atom is -0.270 e. The molecule has 0 saturated carbocycles. The fraction of sp³-hybridized carbons (Fsp3) is 0.429. The number of halogens is 1. The van der Waals surface area contributed by atoms with Gasteiger partial charge < -0.3 is 0 Å². The van der Waals surface area contributed by atoms with Crippen molar-refractivity contribution < 1.29 is 12.6 Å². The number of hydrogen-bond donors (Lipinski definition) is 0. The Morgan fingerprint density at radius 1 is 1.43 bits per heavy atom. The summed E-state index contributed by atoms with van der Waals surface area (Å²) in [6.07, 6.45) is 4.50. The molecule has 0 atom stereocenters. The van der Waals surface area contributed by atoms with Crippen LogP contribution in [0.1, 0.15) is 5.56 Å². The van der Waals surface area contributed by atoms with E-state index in [0.29, 0.717) is 6.42 Å². The van der Waals surface area contributed by atoms with Gasteiger partial charge >= 0.3 is 0 Å². The van der Waals surface area contributed by atoms with Crippen LogP contribution in [0.5, 0.6) is 0 Å². The monoisotopic (exact) mass is 236 g/mol. The highest BCUT2D eigenvalue weighted by atomic mass is 35.5. The minimum absolute atomic E-state index is 0.0871. The van der Waals surface area contributed by atoms with E-state index in [1.54, 1.807) is 0 Å². The first kappa shape index (κ1) is 11.4. The first-order valence-electron chi connectivity index (χ1n) is 3.78. The van der Waals surface area contributed by atoms with Gasteiger partial charge in [0.25, 0.3) is 10.1 Å². The van der Waals surface area contributed by atoms with Crippen molar-refractivity contribution in [3.8, 4) is 0 Å². The highest BCUT2D eigenvalue weighted by Gasteiger charge is 2.02. The van der Waals surface area contributed by atoms with Crippen LogP contribution >= 0.6 is 11.6 Å². The Morgan fingerprint density at radius 2 is 2.00 bits per heavy atom. The van der Waals surface area contributed by atoms with Crippen molar-refractivity contribution >= 4 is 21.7 Å². The molecule has 1 aromatic heterocycles. The van der Waals surface area contributed by atoms with Crippen LogP contribution in [0, 0.1) is 0 Å². The van der Waals surface area contributed by atoms with Crippen molar-refractivity contribution in [3.63, 3.8) is 0 Å². The van der Waals surface area contributed by atoms with Crippen molar-refractivity contribution in [2.24, 2.45) is 0 Å². The van der Waals surface area contributed by atoms with Crippen molar-refractivity contribution in [2.45, 2.75) is 6.42 Å². The van der Waals surface area contributed by atoms with E-state index in [1.807, 2.05) is 0 Å². The standard InChI is InChI=1S/C7H9ClN2O3S/c1-14(11,12)13-3-2-6-4-9-7(8)10-5-6/h4-5H,2-3H2,1H3. The molecule has 14 heavy (non-hydrogen) atoms. The van der Waals surface area contributed by atoms with E-state index < -0.39 is 10.1 Å². The molecule has 0 aliphatic carbocycles. The van der Waals surface area contributed by atoms with E-state index in [1.165, 1.54) is 12.4 Å². The van der Waals surface area contributed by atoms with Gasteiger partial charge in [-0.15, -0.1) is 0 Å². The van der Waals surface area contributed by atoms with Crippen LogP contribution in [-0.2, 0) is 20.7 Å². The van der Waals surface area contributed by atoms with E-state index >= 15 is 0 Å². The average molecular weight is 237 g/mol. The maximum absolute atomic E-state index is 10.6. The Morgan fingerprint density at radius 3 is 2.50 bits per heavy atom. The number of aromatic nitrogens is 2. The molecule has 0 amide bonds. The van der Waals surface area contributed by atoms with Gasteiger partial charge in [0.1, 0.15) is 0 Å². The molecule has 0 N–H and O–H groups in total. The lowest BCUT2D eigenvalue weighted by Crippen LogP contribution is -2.06. The first-order chi connectivity index (χ1) is 6.47. The van der Waals surface area contributed by atoms with Crippen LogP contribution in [0.2, 0.25) is 5.28 Å². The van der Waals surface area contributed by atoms with Gasteiger partial charge in [-0.25, -0.2) is 9.97 Å². The molecule has 1 heterocycles. The molecule has 0 aromatic carbocycles. The number of rotatable bonds is 4. The van der Waals surface area contributed by atoms with Crippen LogP contribution in [-0.4, -0.2) is 31.2 Å². The van der Waals surface area contributed by atoms with Gasteiger partial charge in [0, 0.05) is 18.8 Å². The predicted molar refractivity (Wildman–Crippen MR) is 51.5 cm³/mol. The Kier molecular flexibility index (Phi) is 3.79. The summed E-state index contributed by atoms with van der Waals surface area (Å²) in [5.41, 5.74) is 0.776. The zero-order chi connectivity index (χ0) is 10.6. The molecular formula is C7H9ClN2O3S. The lowest BCUT2D eigenvalue weighted by molar-refractivity contribution is 0.325. The zero-order valence-corrected chi connectivity index (χ0v) is 9.05. The van der Waals surface area contributed by atoms with Crippen molar-refractivity contribution in [2.75, 3.05) is 12.9 Å². The van der Waals surface area contributed by atoms with Crippen LogP contribution in [0.25, 0.3) is 0 Å². The van der Waals surface area contributed by atoms with Gasteiger partial charge in [-0.3, -0.25) is 4.18 Å². The normalized spacial score (nSPS) is 11.6. The molecule has 1 rings (SSSR count). The lowest BCUT2D eigenvalue weighted by Gasteiger charge is -2.00. The van der Waals surface area contributed by atoms with Gasteiger partial charge in [-0.2, -0.15) is 8.42 Å². The van der Waals surface area contributed by atoms with Gasteiger partial charge in [-0.1, -0.05) is 0 Å². The van der Waals surface area contributed by atoms with Crippen LogP contribution < -0.4 is 0 Å². The van der Waals surface area contributed by atoms with Crippen LogP contribution in [0.3, 0.4) is 0 Å². The third-order valence-electron chi connectivity index (χ3n) is 1.36. The Hall–Kier alpha value is -0.720. The quantitative estimate of drug-likeness (QED) is 0.567. The Labute approximate surface area is 87.2 Å². The lowest BCUT2D eigenvalue weighted by atomic mass is 10.3. The molecule has 7 heteroatoms. The van der Waals surface area contributed by atoms with E-state index in [0.717, 1.165) is 11.8 Å². The Balaban J connectivity index is 2.43. The van der Waals surface area contributed by atoms with E-state index in [2.05, 4.69) is 14.2 Å². The van der Waals surface area contributed by atoms with E-state index in [4.69, 9.17) is 11.6 Å². The largest absolute Gasteiger partial charge is 0.270 e. The summed E-state index contributed by atoms with van der Waals surface area (Å²) < 4.78 is 25.7. The van der Waals surface area contributed by atoms with Crippen LogP contribution in [0.15, 0.2) is 12.4 Å². The molecule has 0 aliphatic rings. The SMILES string of the molecule is CS(=O)(=O)OCCc1cnc(Cl)nc1. The summed E-state index contributed by atoms with van der Waals surface area (Å²) in [5.74, 6) is 0. The highest BCUT2D eigenvalue weighted by Crippen LogP contribution is 2.02. The average Bonchev–Trinajstić information content (AvgIpc) is 2.06. The first-order valence-corrected chi connectivity index (χ1v) is 5.97. The molecule has 0 aliphatic heterocycles. The maximum atomic E-state index is 10.6. The van der Waals surface area contributed by atoms with Crippen LogP contribution in [0.4, 0.5) is 0 Å². The van der Waals surface area contributed by atoms with Crippen molar-refractivity contribution in [1.82, 2.24) is 9.97 Å². The molecule has 5 nitrogen and oxygen atoms in total. The second kappa shape index (κ2) is 4.68. The predicted octanol–water partition coefficient (Wildman–Crippen LogP) is 0.649. The fourth-order valence-electron chi connectivity index (χ4n) is 0.779. The van der Waals surface area contributed by atoms with E-state index in [-0.39, 0.29) is 11.9 Å². The van der Waals surface area contributed by atoms with Gasteiger partial charge in [-0.05, 0) is 17.2 Å². The minimum atomic E-state index is -3.37. The second-order valence-corrected chi connectivity index (χ2v) is 4.62. The Bertz CT molecular complexity index is 390. The topological polar surface area (TPSA) is 69.2 Å². The molecule has 1 aromatic rings. The summed E-state index contributed by atoms with van der Waals surface area (Å²) in [5, 5.41) is 0.165. The molecule has 0 fully saturated rings. The summed E-state index contributed by atoms with van der Waals surface area (Å²) >= 11 is 5.47. The summed E-state index contributed by atoms with van der Waals surface area (Å²) in [7, 11) is -3.37. The molecule has 0 saturated heterocycles. The summed E-state index contributed by atoms with van der Waals surface area (Å²) in [4.78, 5) is 7.49. The third kappa shape index (κ3) is 4.50. The number of nitrogens with zero attached hydrogens (tertiary/aromatic N) is 2. The molecule has 0 bridgehead atoms. The maximum Gasteiger partial charge on any atom is 0.264 e. The molecule has 78 valence electrons. The fourth-order valence-corrected chi connectivity index (χ4v) is 1.26. The molecule has 0 unspecified atom stereocenters. The van der Waals surface area contributed by atoms with E-state index in [9.17, 15) is 8.42 Å². The van der Waals surface area contributed by atoms with Gasteiger partial charge in [0.15, 0.2) is 0 Å². The molecular weight excluding hydrogens is 228 g/mol. The zero-order valence-electron chi connectivity index (χ0n) is 7.47. The molecule has 0 spiro atoms. The third-order valence-corrected chi connectivity index (χ3v) is 2.15.